The number of phenols is 1. The molecule has 0 saturated heterocycles. The van der Waals surface area contributed by atoms with E-state index in [0.29, 0.717) is 11.5 Å². The number of halogens is 1. The Morgan fingerprint density at radius 3 is 2.31 bits per heavy atom. The number of benzene rings is 2. The number of carbonyl (C=O) groups is 1. The summed E-state index contributed by atoms with van der Waals surface area (Å²) in [5.74, 6) is 0.248. The van der Waals surface area contributed by atoms with Crippen molar-refractivity contribution in [1.82, 2.24) is 4.57 Å². The quantitative estimate of drug-likeness (QED) is 0.734. The van der Waals surface area contributed by atoms with Crippen LogP contribution in [0.1, 0.15) is 22.3 Å². The number of rotatable bonds is 4. The highest BCUT2D eigenvalue weighted by molar-refractivity contribution is 5.73. The lowest BCUT2D eigenvalue weighted by molar-refractivity contribution is 0.202. The summed E-state index contributed by atoms with van der Waals surface area (Å²) < 4.78 is 19.5. The molecule has 1 N–H and O–H groups in total. The molecule has 5 heteroatoms. The molecule has 3 rings (SSSR count). The van der Waals surface area contributed by atoms with Gasteiger partial charge in [0.2, 0.25) is 0 Å². The minimum Gasteiger partial charge on any atom is -0.507 e. The van der Waals surface area contributed by atoms with Gasteiger partial charge in [0.05, 0.1) is 0 Å². The summed E-state index contributed by atoms with van der Waals surface area (Å²) in [4.78, 5) is 12.1. The van der Waals surface area contributed by atoms with Gasteiger partial charge in [0, 0.05) is 12.4 Å². The first-order chi connectivity index (χ1) is 12.4. The van der Waals surface area contributed by atoms with Crippen molar-refractivity contribution < 1.29 is 19.0 Å². The number of ether oxygens (including phenoxy) is 1. The average molecular weight is 353 g/mol. The molecule has 0 radical (unpaired) electrons. The number of aromatic nitrogens is 1. The molecule has 1 aromatic heterocycles. The smallest absolute Gasteiger partial charge is 0.423 e. The monoisotopic (exact) mass is 353 g/mol. The Morgan fingerprint density at radius 1 is 1.04 bits per heavy atom. The molecular weight excluding hydrogens is 333 g/mol. The summed E-state index contributed by atoms with van der Waals surface area (Å²) in [6.45, 7) is 3.77. The predicted molar refractivity (Wildman–Crippen MR) is 97.2 cm³/mol. The Hall–Kier alpha value is -3.08. The molecule has 0 aliphatic rings. The summed E-state index contributed by atoms with van der Waals surface area (Å²) in [6.07, 6.45) is 4.40. The second-order valence-electron chi connectivity index (χ2n) is 6.33. The number of carbonyl (C=O) groups excluding carboxylic acids is 1. The standard InChI is InChI=1S/C21H20FNO3/c1-14-11-17(12-15(2)20(14)24)4-3-16-9-10-23(13-16)21(25)26-19-7-5-18(22)6-8-19/h5-13,24H,3-4H2,1-2H3. The predicted octanol–water partition coefficient (Wildman–Crippen LogP) is 4.78. The van der Waals surface area contributed by atoms with Crippen molar-refractivity contribution in [2.45, 2.75) is 26.7 Å². The SMILES string of the molecule is Cc1cc(CCc2ccn(C(=O)Oc3ccc(F)cc3)c2)cc(C)c1O. The van der Waals surface area contributed by atoms with E-state index in [9.17, 15) is 14.3 Å². The van der Waals surface area contributed by atoms with E-state index in [-0.39, 0.29) is 5.82 Å². The number of aromatic hydroxyl groups is 1. The third-order valence-electron chi connectivity index (χ3n) is 4.24. The minimum atomic E-state index is -0.542. The fourth-order valence-corrected chi connectivity index (χ4v) is 2.84. The molecule has 0 unspecified atom stereocenters. The maximum atomic E-state index is 12.9. The maximum Gasteiger partial charge on any atom is 0.423 e. The highest BCUT2D eigenvalue weighted by Gasteiger charge is 2.09. The van der Waals surface area contributed by atoms with Crippen LogP contribution in [0.2, 0.25) is 0 Å². The normalized spacial score (nSPS) is 10.7. The van der Waals surface area contributed by atoms with Crippen LogP contribution >= 0.6 is 0 Å². The number of hydrogen-bond acceptors (Lipinski definition) is 3. The van der Waals surface area contributed by atoms with Gasteiger partial charge >= 0.3 is 6.09 Å². The minimum absolute atomic E-state index is 0.293. The molecule has 1 heterocycles. The number of nitrogens with zero attached hydrogens (tertiary/aromatic N) is 1. The second kappa shape index (κ2) is 7.44. The lowest BCUT2D eigenvalue weighted by Gasteiger charge is -2.07. The summed E-state index contributed by atoms with van der Waals surface area (Å²) in [5, 5.41) is 9.84. The Balaban J connectivity index is 1.62. The van der Waals surface area contributed by atoms with E-state index in [4.69, 9.17) is 4.74 Å². The van der Waals surface area contributed by atoms with Crippen LogP contribution in [0.25, 0.3) is 0 Å². The topological polar surface area (TPSA) is 51.5 Å². The van der Waals surface area contributed by atoms with E-state index in [1.807, 2.05) is 32.0 Å². The van der Waals surface area contributed by atoms with Crippen LogP contribution < -0.4 is 4.74 Å². The third kappa shape index (κ3) is 4.11. The molecule has 2 aromatic carbocycles. The van der Waals surface area contributed by atoms with Gasteiger partial charge in [-0.05, 0) is 79.3 Å². The Morgan fingerprint density at radius 2 is 1.65 bits per heavy atom. The van der Waals surface area contributed by atoms with Crippen LogP contribution in [-0.4, -0.2) is 15.8 Å². The van der Waals surface area contributed by atoms with E-state index < -0.39 is 6.09 Å². The first-order valence-corrected chi connectivity index (χ1v) is 8.36. The van der Waals surface area contributed by atoms with E-state index in [0.717, 1.165) is 35.1 Å². The number of hydrogen-bond donors (Lipinski definition) is 1. The highest BCUT2D eigenvalue weighted by atomic mass is 19.1. The van der Waals surface area contributed by atoms with Crippen LogP contribution in [0, 0.1) is 19.7 Å². The van der Waals surface area contributed by atoms with Crippen molar-refractivity contribution in [2.24, 2.45) is 0 Å². The van der Waals surface area contributed by atoms with E-state index in [1.54, 1.807) is 12.4 Å². The molecule has 0 fully saturated rings. The molecule has 26 heavy (non-hydrogen) atoms. The van der Waals surface area contributed by atoms with Crippen molar-refractivity contribution >= 4 is 6.09 Å². The van der Waals surface area contributed by atoms with Crippen molar-refractivity contribution in [3.8, 4) is 11.5 Å². The zero-order chi connectivity index (χ0) is 18.7. The molecule has 0 aliphatic heterocycles. The van der Waals surface area contributed by atoms with Crippen molar-refractivity contribution in [3.05, 3.63) is 82.9 Å². The molecule has 0 spiro atoms. The van der Waals surface area contributed by atoms with Gasteiger partial charge < -0.3 is 9.84 Å². The van der Waals surface area contributed by atoms with Gasteiger partial charge in [0.25, 0.3) is 0 Å². The molecule has 0 aliphatic carbocycles. The van der Waals surface area contributed by atoms with Gasteiger partial charge in [0.15, 0.2) is 0 Å². The zero-order valence-electron chi connectivity index (χ0n) is 14.7. The first-order valence-electron chi connectivity index (χ1n) is 8.36. The van der Waals surface area contributed by atoms with Crippen LogP contribution in [0.3, 0.4) is 0 Å². The van der Waals surface area contributed by atoms with Crippen LogP contribution in [0.4, 0.5) is 9.18 Å². The Kier molecular flexibility index (Phi) is 5.07. The fourth-order valence-electron chi connectivity index (χ4n) is 2.84. The summed E-state index contributed by atoms with van der Waals surface area (Å²) in [6, 6.07) is 11.1. The van der Waals surface area contributed by atoms with Gasteiger partial charge in [-0.3, -0.25) is 4.57 Å². The lowest BCUT2D eigenvalue weighted by Crippen LogP contribution is -2.14. The van der Waals surface area contributed by atoms with Gasteiger partial charge in [-0.2, -0.15) is 0 Å². The van der Waals surface area contributed by atoms with Crippen LogP contribution in [0.15, 0.2) is 54.9 Å². The molecule has 134 valence electrons. The molecule has 0 amide bonds. The maximum absolute atomic E-state index is 12.9. The summed E-state index contributed by atoms with van der Waals surface area (Å²) in [5.41, 5.74) is 3.87. The molecule has 4 nitrogen and oxygen atoms in total. The van der Waals surface area contributed by atoms with Gasteiger partial charge in [0.1, 0.15) is 17.3 Å². The van der Waals surface area contributed by atoms with Crippen molar-refractivity contribution in [1.29, 1.82) is 0 Å². The van der Waals surface area contributed by atoms with E-state index in [1.165, 1.54) is 28.8 Å². The van der Waals surface area contributed by atoms with E-state index in [2.05, 4.69) is 0 Å². The average Bonchev–Trinajstić information content (AvgIpc) is 3.09. The zero-order valence-corrected chi connectivity index (χ0v) is 14.7. The second-order valence-corrected chi connectivity index (χ2v) is 6.33. The molecule has 3 aromatic rings. The van der Waals surface area contributed by atoms with Crippen LogP contribution in [-0.2, 0) is 12.8 Å². The molecule has 0 bridgehead atoms. The molecular formula is C21H20FNO3. The first kappa shape index (κ1) is 17.7. The largest absolute Gasteiger partial charge is 0.507 e. The van der Waals surface area contributed by atoms with Crippen LogP contribution in [0.5, 0.6) is 11.5 Å². The lowest BCUT2D eigenvalue weighted by atomic mass is 10.0. The molecule has 0 atom stereocenters. The summed E-state index contributed by atoms with van der Waals surface area (Å²) >= 11 is 0. The molecule has 0 saturated carbocycles. The van der Waals surface area contributed by atoms with Gasteiger partial charge in [-0.1, -0.05) is 12.1 Å². The van der Waals surface area contributed by atoms with E-state index >= 15 is 0 Å². The number of phenolic OH excluding ortho intramolecular Hbond substituents is 1. The van der Waals surface area contributed by atoms with Gasteiger partial charge in [-0.15, -0.1) is 0 Å². The Labute approximate surface area is 151 Å². The number of aryl methyl sites for hydroxylation is 4. The fraction of sp³-hybridized carbons (Fsp3) is 0.190. The van der Waals surface area contributed by atoms with Gasteiger partial charge in [-0.25, -0.2) is 9.18 Å². The Bertz CT molecular complexity index is 906. The summed E-state index contributed by atoms with van der Waals surface area (Å²) in [7, 11) is 0. The third-order valence-corrected chi connectivity index (χ3v) is 4.24. The van der Waals surface area contributed by atoms with Crippen molar-refractivity contribution in [3.63, 3.8) is 0 Å². The highest BCUT2D eigenvalue weighted by Crippen LogP contribution is 2.23. The van der Waals surface area contributed by atoms with Crippen molar-refractivity contribution in [2.75, 3.05) is 0 Å².